The lowest BCUT2D eigenvalue weighted by atomic mass is 10.4. The molecule has 0 saturated carbocycles. The molecule has 0 bridgehead atoms. The zero-order chi connectivity index (χ0) is 7.40. The highest BCUT2D eigenvalue weighted by atomic mass is 35.5. The number of allylic oxidation sites excluding steroid dienone is 1. The van der Waals surface area contributed by atoms with Crippen LogP contribution in [0, 0.1) is 0 Å². The molecule has 0 aliphatic heterocycles. The minimum atomic E-state index is 0. The van der Waals surface area contributed by atoms with Gasteiger partial charge in [0.1, 0.15) is 0 Å². The first-order valence-corrected chi connectivity index (χ1v) is 3.12. The Balaban J connectivity index is 0.000001000. The second-order valence-corrected chi connectivity index (χ2v) is 1.96. The quantitative estimate of drug-likeness (QED) is 0.636. The SMILES string of the molecule is C=CCn1cncc1C=C.Cl. The van der Waals surface area contributed by atoms with E-state index in [1.807, 2.05) is 10.6 Å². The van der Waals surface area contributed by atoms with Crippen LogP contribution in [0.5, 0.6) is 0 Å². The average Bonchev–Trinajstić information content (AvgIpc) is 2.36. The fourth-order valence-corrected chi connectivity index (χ4v) is 0.793. The molecule has 0 N–H and O–H groups in total. The van der Waals surface area contributed by atoms with E-state index in [1.165, 1.54) is 0 Å². The van der Waals surface area contributed by atoms with Gasteiger partial charge in [0.05, 0.1) is 18.2 Å². The van der Waals surface area contributed by atoms with E-state index >= 15 is 0 Å². The summed E-state index contributed by atoms with van der Waals surface area (Å²) in [4.78, 5) is 3.96. The first kappa shape index (κ1) is 9.98. The van der Waals surface area contributed by atoms with E-state index in [4.69, 9.17) is 0 Å². The molecule has 0 spiro atoms. The Hall–Kier alpha value is -1.02. The van der Waals surface area contributed by atoms with Crippen molar-refractivity contribution in [1.29, 1.82) is 0 Å². The Kier molecular flexibility index (Phi) is 4.30. The van der Waals surface area contributed by atoms with Crippen molar-refractivity contribution in [3.63, 3.8) is 0 Å². The van der Waals surface area contributed by atoms with Gasteiger partial charge in [0.25, 0.3) is 0 Å². The van der Waals surface area contributed by atoms with Gasteiger partial charge in [-0.3, -0.25) is 0 Å². The van der Waals surface area contributed by atoms with Crippen molar-refractivity contribution in [1.82, 2.24) is 9.55 Å². The molecular formula is C8H11ClN2. The molecule has 0 atom stereocenters. The van der Waals surface area contributed by atoms with Gasteiger partial charge in [-0.15, -0.1) is 19.0 Å². The maximum atomic E-state index is 3.96. The topological polar surface area (TPSA) is 17.8 Å². The lowest BCUT2D eigenvalue weighted by Crippen LogP contribution is -1.93. The molecule has 0 aliphatic rings. The van der Waals surface area contributed by atoms with Crippen molar-refractivity contribution < 1.29 is 0 Å². The number of hydrogen-bond donors (Lipinski definition) is 0. The van der Waals surface area contributed by atoms with Gasteiger partial charge >= 0.3 is 0 Å². The summed E-state index contributed by atoms with van der Waals surface area (Å²) in [5, 5.41) is 0. The zero-order valence-corrected chi connectivity index (χ0v) is 7.05. The highest BCUT2D eigenvalue weighted by Crippen LogP contribution is 1.99. The van der Waals surface area contributed by atoms with Gasteiger partial charge in [-0.25, -0.2) is 4.98 Å². The summed E-state index contributed by atoms with van der Waals surface area (Å²) in [6.07, 6.45) is 7.14. The van der Waals surface area contributed by atoms with Crippen LogP contribution in [0.2, 0.25) is 0 Å². The number of imidazole rings is 1. The van der Waals surface area contributed by atoms with E-state index in [2.05, 4.69) is 18.1 Å². The molecule has 0 amide bonds. The normalized spacial score (nSPS) is 8.36. The molecular weight excluding hydrogens is 160 g/mol. The first-order chi connectivity index (χ1) is 4.88. The van der Waals surface area contributed by atoms with Crippen LogP contribution in [0.4, 0.5) is 0 Å². The lowest BCUT2D eigenvalue weighted by molar-refractivity contribution is 0.813. The fraction of sp³-hybridized carbons (Fsp3) is 0.125. The van der Waals surface area contributed by atoms with Crippen LogP contribution in [0.25, 0.3) is 6.08 Å². The van der Waals surface area contributed by atoms with Crippen LogP contribution in [0.1, 0.15) is 5.69 Å². The van der Waals surface area contributed by atoms with Crippen molar-refractivity contribution in [3.05, 3.63) is 37.5 Å². The zero-order valence-electron chi connectivity index (χ0n) is 6.23. The molecule has 0 fully saturated rings. The van der Waals surface area contributed by atoms with Crippen molar-refractivity contribution in [2.75, 3.05) is 0 Å². The highest BCUT2D eigenvalue weighted by Gasteiger charge is 1.92. The number of aromatic nitrogens is 2. The molecule has 1 aromatic heterocycles. The monoisotopic (exact) mass is 170 g/mol. The third-order valence-electron chi connectivity index (χ3n) is 1.28. The van der Waals surface area contributed by atoms with Gasteiger partial charge in [0.15, 0.2) is 0 Å². The van der Waals surface area contributed by atoms with Crippen LogP contribution in [-0.2, 0) is 6.54 Å². The van der Waals surface area contributed by atoms with Crippen molar-refractivity contribution in [3.8, 4) is 0 Å². The minimum absolute atomic E-state index is 0. The Bertz CT molecular complexity index is 240. The van der Waals surface area contributed by atoms with Gasteiger partial charge < -0.3 is 4.57 Å². The molecule has 1 aromatic rings. The van der Waals surface area contributed by atoms with Crippen LogP contribution in [0.3, 0.4) is 0 Å². The number of halogens is 1. The van der Waals surface area contributed by atoms with E-state index in [1.54, 1.807) is 18.6 Å². The van der Waals surface area contributed by atoms with E-state index in [-0.39, 0.29) is 12.4 Å². The van der Waals surface area contributed by atoms with E-state index < -0.39 is 0 Å². The largest absolute Gasteiger partial charge is 0.327 e. The predicted octanol–water partition coefficient (Wildman–Crippen LogP) is 2.13. The van der Waals surface area contributed by atoms with Gasteiger partial charge in [0.2, 0.25) is 0 Å². The van der Waals surface area contributed by atoms with E-state index in [0.717, 1.165) is 12.2 Å². The number of rotatable bonds is 3. The third-order valence-corrected chi connectivity index (χ3v) is 1.28. The molecule has 1 heterocycles. The molecule has 3 heteroatoms. The third kappa shape index (κ3) is 2.24. The molecule has 0 unspecified atom stereocenters. The van der Waals surface area contributed by atoms with E-state index in [0.29, 0.717) is 0 Å². The number of nitrogens with zero attached hydrogens (tertiary/aromatic N) is 2. The fourth-order valence-electron chi connectivity index (χ4n) is 0.793. The van der Waals surface area contributed by atoms with Crippen LogP contribution in [-0.4, -0.2) is 9.55 Å². The molecule has 0 aromatic carbocycles. The molecule has 0 aliphatic carbocycles. The summed E-state index contributed by atoms with van der Waals surface area (Å²) < 4.78 is 1.97. The first-order valence-electron chi connectivity index (χ1n) is 3.12. The summed E-state index contributed by atoms with van der Waals surface area (Å²) >= 11 is 0. The summed E-state index contributed by atoms with van der Waals surface area (Å²) in [7, 11) is 0. The van der Waals surface area contributed by atoms with Gasteiger partial charge in [-0.1, -0.05) is 12.7 Å². The van der Waals surface area contributed by atoms with Crippen molar-refractivity contribution in [2.24, 2.45) is 0 Å². The second kappa shape index (κ2) is 4.74. The minimum Gasteiger partial charge on any atom is -0.327 e. The van der Waals surface area contributed by atoms with Crippen LogP contribution < -0.4 is 0 Å². The summed E-state index contributed by atoms with van der Waals surface area (Å²) in [5.74, 6) is 0. The average molecular weight is 171 g/mol. The Morgan fingerprint density at radius 2 is 2.27 bits per heavy atom. The lowest BCUT2D eigenvalue weighted by Gasteiger charge is -1.97. The van der Waals surface area contributed by atoms with Crippen LogP contribution >= 0.6 is 12.4 Å². The summed E-state index contributed by atoms with van der Waals surface area (Å²) in [5.41, 5.74) is 1.03. The molecule has 0 radical (unpaired) electrons. The highest BCUT2D eigenvalue weighted by molar-refractivity contribution is 5.85. The summed E-state index contributed by atoms with van der Waals surface area (Å²) in [6.45, 7) is 8.07. The van der Waals surface area contributed by atoms with Crippen LogP contribution in [0.15, 0.2) is 31.8 Å². The van der Waals surface area contributed by atoms with Gasteiger partial charge in [-0.2, -0.15) is 0 Å². The Morgan fingerprint density at radius 3 is 2.82 bits per heavy atom. The maximum Gasteiger partial charge on any atom is 0.0953 e. The van der Waals surface area contributed by atoms with Crippen molar-refractivity contribution >= 4 is 18.5 Å². The molecule has 60 valence electrons. The van der Waals surface area contributed by atoms with E-state index in [9.17, 15) is 0 Å². The van der Waals surface area contributed by atoms with Gasteiger partial charge in [-0.05, 0) is 6.08 Å². The molecule has 1 rings (SSSR count). The predicted molar refractivity (Wildman–Crippen MR) is 49.8 cm³/mol. The maximum absolute atomic E-state index is 3.96. The standard InChI is InChI=1S/C8H10N2.ClH/c1-3-5-10-7-9-6-8(10)4-2;/h3-4,6-7H,1-2,5H2;1H. The molecule has 11 heavy (non-hydrogen) atoms. The summed E-state index contributed by atoms with van der Waals surface area (Å²) in [6, 6.07) is 0. The molecule has 2 nitrogen and oxygen atoms in total. The molecule has 0 saturated heterocycles. The van der Waals surface area contributed by atoms with Crippen molar-refractivity contribution in [2.45, 2.75) is 6.54 Å². The van der Waals surface area contributed by atoms with Gasteiger partial charge in [0, 0.05) is 6.54 Å². The number of hydrogen-bond acceptors (Lipinski definition) is 1. The second-order valence-electron chi connectivity index (χ2n) is 1.96. The Morgan fingerprint density at radius 1 is 1.55 bits per heavy atom. The smallest absolute Gasteiger partial charge is 0.0953 e. The Labute approximate surface area is 72.7 Å².